The van der Waals surface area contributed by atoms with Gasteiger partial charge in [0.2, 0.25) is 0 Å². The monoisotopic (exact) mass is 468 g/mol. The summed E-state index contributed by atoms with van der Waals surface area (Å²) in [7, 11) is 1.52. The van der Waals surface area contributed by atoms with E-state index in [4.69, 9.17) is 19.7 Å². The first kappa shape index (κ1) is 21.5. The van der Waals surface area contributed by atoms with Crippen LogP contribution in [0.15, 0.2) is 50.8 Å². The molecule has 0 aliphatic rings. The van der Waals surface area contributed by atoms with Gasteiger partial charge in [0.25, 0.3) is 5.56 Å². The molecule has 30 heavy (non-hydrogen) atoms. The molecule has 0 fully saturated rings. The molecule has 0 saturated carbocycles. The molecular weight excluding hydrogens is 448 g/mol. The normalized spacial score (nSPS) is 11.6. The zero-order valence-electron chi connectivity index (χ0n) is 17.1. The second-order valence-electron chi connectivity index (χ2n) is 7.53. The third-order valence-corrected chi connectivity index (χ3v) is 4.80. The van der Waals surface area contributed by atoms with Crippen molar-refractivity contribution in [3.8, 4) is 17.6 Å². The van der Waals surface area contributed by atoms with E-state index in [1.807, 2.05) is 32.9 Å². The standard InChI is InChI=1S/C22H21BrN4O3/c1-22(2,3)21-26-17-9-8-15(23)12-16(17)20(28)27(21)25-13-14-6-5-7-18(29-4)19(14)30-11-10-24/h5-9,12-13H,11H2,1-4H3. The third-order valence-electron chi connectivity index (χ3n) is 4.30. The van der Waals surface area contributed by atoms with E-state index >= 15 is 0 Å². The van der Waals surface area contributed by atoms with Crippen molar-refractivity contribution < 1.29 is 9.47 Å². The Balaban J connectivity index is 2.21. The number of methoxy groups -OCH3 is 1. The van der Waals surface area contributed by atoms with Crippen LogP contribution in [0.4, 0.5) is 0 Å². The van der Waals surface area contributed by atoms with Crippen LogP contribution in [0.5, 0.6) is 11.5 Å². The van der Waals surface area contributed by atoms with E-state index in [-0.39, 0.29) is 12.2 Å². The van der Waals surface area contributed by atoms with Crippen molar-refractivity contribution in [2.45, 2.75) is 26.2 Å². The van der Waals surface area contributed by atoms with Gasteiger partial charge in [-0.1, -0.05) is 42.8 Å². The zero-order valence-corrected chi connectivity index (χ0v) is 18.7. The van der Waals surface area contributed by atoms with Gasteiger partial charge in [0.15, 0.2) is 18.1 Å². The summed E-state index contributed by atoms with van der Waals surface area (Å²) in [6, 6.07) is 12.6. The molecule has 0 atom stereocenters. The third kappa shape index (κ3) is 4.36. The molecule has 7 nitrogen and oxygen atoms in total. The average Bonchev–Trinajstić information content (AvgIpc) is 2.71. The van der Waals surface area contributed by atoms with Gasteiger partial charge in [0, 0.05) is 15.5 Å². The van der Waals surface area contributed by atoms with Crippen LogP contribution in [0.1, 0.15) is 32.2 Å². The highest BCUT2D eigenvalue weighted by Crippen LogP contribution is 2.30. The van der Waals surface area contributed by atoms with Crippen LogP contribution in [-0.2, 0) is 5.41 Å². The Labute approximate surface area is 182 Å². The van der Waals surface area contributed by atoms with E-state index in [2.05, 4.69) is 21.0 Å². The van der Waals surface area contributed by atoms with E-state index in [0.717, 1.165) is 4.47 Å². The zero-order chi connectivity index (χ0) is 21.9. The van der Waals surface area contributed by atoms with E-state index in [1.165, 1.54) is 18.0 Å². The maximum absolute atomic E-state index is 13.2. The molecule has 0 aliphatic heterocycles. The Morgan fingerprint density at radius 1 is 1.30 bits per heavy atom. The molecular formula is C22H21BrN4O3. The lowest BCUT2D eigenvalue weighted by Gasteiger charge is -2.21. The van der Waals surface area contributed by atoms with Gasteiger partial charge < -0.3 is 9.47 Å². The molecule has 3 aromatic rings. The summed E-state index contributed by atoms with van der Waals surface area (Å²) in [5.74, 6) is 1.38. The minimum atomic E-state index is -0.424. The fourth-order valence-electron chi connectivity index (χ4n) is 2.92. The molecule has 154 valence electrons. The first-order valence-corrected chi connectivity index (χ1v) is 9.99. The maximum atomic E-state index is 13.2. The van der Waals surface area contributed by atoms with E-state index in [0.29, 0.717) is 33.8 Å². The molecule has 0 unspecified atom stereocenters. The van der Waals surface area contributed by atoms with Gasteiger partial charge in [0.05, 0.1) is 24.2 Å². The quantitative estimate of drug-likeness (QED) is 0.522. The summed E-state index contributed by atoms with van der Waals surface area (Å²) in [5, 5.41) is 13.8. The highest BCUT2D eigenvalue weighted by atomic mass is 79.9. The number of para-hydroxylation sites is 1. The van der Waals surface area contributed by atoms with Crippen molar-refractivity contribution in [2.24, 2.45) is 5.10 Å². The minimum Gasteiger partial charge on any atom is -0.493 e. The lowest BCUT2D eigenvalue weighted by molar-refractivity contribution is 0.329. The van der Waals surface area contributed by atoms with Crippen molar-refractivity contribution in [3.63, 3.8) is 0 Å². The van der Waals surface area contributed by atoms with Crippen LogP contribution >= 0.6 is 15.9 Å². The van der Waals surface area contributed by atoms with Gasteiger partial charge in [-0.05, 0) is 30.3 Å². The molecule has 1 aromatic heterocycles. The van der Waals surface area contributed by atoms with Gasteiger partial charge in [-0.2, -0.15) is 15.0 Å². The van der Waals surface area contributed by atoms with Crippen molar-refractivity contribution in [3.05, 3.63) is 62.6 Å². The van der Waals surface area contributed by atoms with Gasteiger partial charge in [-0.25, -0.2) is 4.98 Å². The van der Waals surface area contributed by atoms with Gasteiger partial charge >= 0.3 is 0 Å². The number of hydrogen-bond donors (Lipinski definition) is 0. The highest BCUT2D eigenvalue weighted by Gasteiger charge is 2.23. The number of nitrogens with zero attached hydrogens (tertiary/aromatic N) is 4. The predicted octanol–water partition coefficient (Wildman–Crippen LogP) is 4.25. The second kappa shape index (κ2) is 8.67. The van der Waals surface area contributed by atoms with Gasteiger partial charge in [0.1, 0.15) is 11.9 Å². The van der Waals surface area contributed by atoms with Crippen LogP contribution in [0.3, 0.4) is 0 Å². The van der Waals surface area contributed by atoms with Crippen LogP contribution in [0.2, 0.25) is 0 Å². The van der Waals surface area contributed by atoms with E-state index < -0.39 is 5.41 Å². The lowest BCUT2D eigenvalue weighted by atomic mass is 9.95. The van der Waals surface area contributed by atoms with Gasteiger partial charge in [-0.15, -0.1) is 0 Å². The highest BCUT2D eigenvalue weighted by molar-refractivity contribution is 9.10. The number of fused-ring (bicyclic) bond motifs is 1. The number of hydrogen-bond acceptors (Lipinski definition) is 6. The molecule has 8 heteroatoms. The van der Waals surface area contributed by atoms with Gasteiger partial charge in [-0.3, -0.25) is 4.79 Å². The lowest BCUT2D eigenvalue weighted by Crippen LogP contribution is -2.29. The fraction of sp³-hybridized carbons (Fsp3) is 0.273. The van der Waals surface area contributed by atoms with Crippen molar-refractivity contribution in [2.75, 3.05) is 13.7 Å². The summed E-state index contributed by atoms with van der Waals surface area (Å²) >= 11 is 3.40. The first-order chi connectivity index (χ1) is 14.3. The molecule has 0 saturated heterocycles. The van der Waals surface area contributed by atoms with Crippen LogP contribution in [0.25, 0.3) is 10.9 Å². The number of nitriles is 1. The predicted molar refractivity (Wildman–Crippen MR) is 119 cm³/mol. The van der Waals surface area contributed by atoms with Crippen LogP contribution in [-0.4, -0.2) is 29.6 Å². The minimum absolute atomic E-state index is 0.139. The summed E-state index contributed by atoms with van der Waals surface area (Å²) in [6.45, 7) is 5.77. The van der Waals surface area contributed by atoms with Crippen molar-refractivity contribution in [1.29, 1.82) is 5.26 Å². The number of aromatic nitrogens is 2. The Kier molecular flexibility index (Phi) is 6.22. The number of benzene rings is 2. The Morgan fingerprint density at radius 2 is 2.07 bits per heavy atom. The molecule has 3 rings (SSSR count). The second-order valence-corrected chi connectivity index (χ2v) is 8.45. The van der Waals surface area contributed by atoms with Crippen LogP contribution < -0.4 is 15.0 Å². The van der Waals surface area contributed by atoms with Crippen LogP contribution in [0, 0.1) is 11.3 Å². The van der Waals surface area contributed by atoms with Crippen molar-refractivity contribution >= 4 is 33.0 Å². The number of ether oxygens (including phenoxy) is 2. The van der Waals surface area contributed by atoms with Crippen molar-refractivity contribution in [1.82, 2.24) is 9.66 Å². The summed E-state index contributed by atoms with van der Waals surface area (Å²) in [4.78, 5) is 17.9. The molecule has 0 bridgehead atoms. The molecule has 0 radical (unpaired) electrons. The summed E-state index contributed by atoms with van der Waals surface area (Å²) in [5.41, 5.74) is 0.487. The summed E-state index contributed by atoms with van der Waals surface area (Å²) in [6.07, 6.45) is 1.51. The number of rotatable bonds is 5. The molecule has 0 amide bonds. The Morgan fingerprint density at radius 3 is 2.73 bits per heavy atom. The molecule has 2 aromatic carbocycles. The average molecular weight is 469 g/mol. The Hall–Kier alpha value is -3.18. The SMILES string of the molecule is COc1cccc(C=Nn2c(C(C)(C)C)nc3ccc(Br)cc3c2=O)c1OCC#N. The Bertz CT molecular complexity index is 1220. The first-order valence-electron chi connectivity index (χ1n) is 9.20. The number of halogens is 1. The topological polar surface area (TPSA) is 89.5 Å². The summed E-state index contributed by atoms with van der Waals surface area (Å²) < 4.78 is 12.9. The smallest absolute Gasteiger partial charge is 0.282 e. The molecule has 1 heterocycles. The largest absolute Gasteiger partial charge is 0.493 e. The molecule has 0 N–H and O–H groups in total. The molecule has 0 aliphatic carbocycles. The fourth-order valence-corrected chi connectivity index (χ4v) is 3.28. The maximum Gasteiger partial charge on any atom is 0.282 e. The molecule has 0 spiro atoms. The van der Waals surface area contributed by atoms with E-state index in [9.17, 15) is 4.79 Å². The van der Waals surface area contributed by atoms with E-state index in [1.54, 1.807) is 30.3 Å².